The number of fused-ring (bicyclic) bond motifs is 3. The summed E-state index contributed by atoms with van der Waals surface area (Å²) in [6.45, 7) is 0. The van der Waals surface area contributed by atoms with Crippen LogP contribution >= 0.6 is 0 Å². The van der Waals surface area contributed by atoms with Gasteiger partial charge in [0.15, 0.2) is 5.82 Å². The van der Waals surface area contributed by atoms with Crippen LogP contribution in [0.1, 0.15) is 0 Å². The maximum Gasteiger partial charge on any atom is 0.160 e. The topological polar surface area (TPSA) is 69.4 Å². The van der Waals surface area contributed by atoms with Crippen LogP contribution in [0.15, 0.2) is 194 Å². The summed E-state index contributed by atoms with van der Waals surface area (Å²) < 4.78 is 2.33. The number of hydrogen-bond acceptors (Lipinski definition) is 5. The van der Waals surface area contributed by atoms with Gasteiger partial charge in [0.1, 0.15) is 0 Å². The van der Waals surface area contributed by atoms with Gasteiger partial charge in [-0.2, -0.15) is 0 Å². The highest BCUT2D eigenvalue weighted by Gasteiger charge is 2.16. The molecule has 0 saturated heterocycles. The second-order valence-electron chi connectivity index (χ2n) is 13.4. The van der Waals surface area contributed by atoms with E-state index in [4.69, 9.17) is 19.9 Å². The highest BCUT2D eigenvalue weighted by Crippen LogP contribution is 2.35. The molecule has 55 heavy (non-hydrogen) atoms. The third-order valence-corrected chi connectivity index (χ3v) is 9.92. The molecule has 0 N–H and O–H groups in total. The molecular formula is C49H32N6. The normalized spacial score (nSPS) is 11.3. The molecule has 0 atom stereocenters. The fourth-order valence-corrected chi connectivity index (χ4v) is 7.27. The molecular weight excluding hydrogens is 673 g/mol. The van der Waals surface area contributed by atoms with E-state index in [2.05, 4.69) is 119 Å². The Morgan fingerprint density at radius 1 is 0.327 bits per heavy atom. The molecule has 0 aliphatic rings. The van der Waals surface area contributed by atoms with Crippen LogP contribution in [-0.4, -0.2) is 29.5 Å². The first-order chi connectivity index (χ1) is 27.2. The quantitative estimate of drug-likeness (QED) is 0.165. The fourth-order valence-electron chi connectivity index (χ4n) is 7.27. The van der Waals surface area contributed by atoms with Crippen molar-refractivity contribution in [3.05, 3.63) is 194 Å². The highest BCUT2D eigenvalue weighted by molar-refractivity contribution is 6.09. The number of pyridine rings is 3. The molecule has 6 heteroatoms. The lowest BCUT2D eigenvalue weighted by Gasteiger charge is -2.12. The van der Waals surface area contributed by atoms with Crippen molar-refractivity contribution >= 4 is 21.8 Å². The van der Waals surface area contributed by atoms with E-state index in [9.17, 15) is 0 Å². The predicted octanol–water partition coefficient (Wildman–Crippen LogP) is 11.8. The van der Waals surface area contributed by atoms with E-state index in [1.165, 1.54) is 10.8 Å². The average molecular weight is 705 g/mol. The van der Waals surface area contributed by atoms with Crippen molar-refractivity contribution in [3.8, 4) is 73.5 Å². The smallest absolute Gasteiger partial charge is 0.160 e. The third kappa shape index (κ3) is 6.11. The number of rotatable bonds is 7. The zero-order chi connectivity index (χ0) is 36.6. The van der Waals surface area contributed by atoms with Gasteiger partial charge in [0, 0.05) is 45.5 Å². The molecule has 0 aliphatic heterocycles. The van der Waals surface area contributed by atoms with Crippen molar-refractivity contribution in [1.29, 1.82) is 0 Å². The summed E-state index contributed by atoms with van der Waals surface area (Å²) in [6.07, 6.45) is 3.67. The van der Waals surface area contributed by atoms with Crippen LogP contribution in [0.2, 0.25) is 0 Å². The Bertz CT molecular complexity index is 2850. The van der Waals surface area contributed by atoms with Gasteiger partial charge in [0.05, 0.1) is 45.2 Å². The van der Waals surface area contributed by atoms with E-state index in [-0.39, 0.29) is 0 Å². The molecule has 0 amide bonds. The Hall–Kier alpha value is -7.57. The van der Waals surface area contributed by atoms with Gasteiger partial charge in [-0.25, -0.2) is 15.0 Å². The van der Waals surface area contributed by atoms with Gasteiger partial charge in [0.2, 0.25) is 0 Å². The lowest BCUT2D eigenvalue weighted by molar-refractivity contribution is 1.16. The number of benzene rings is 5. The third-order valence-electron chi connectivity index (χ3n) is 9.92. The van der Waals surface area contributed by atoms with Crippen molar-refractivity contribution in [2.45, 2.75) is 0 Å². The van der Waals surface area contributed by atoms with E-state index < -0.39 is 0 Å². The number of aromatic nitrogens is 6. The molecule has 0 saturated carbocycles. The molecule has 5 aromatic carbocycles. The summed E-state index contributed by atoms with van der Waals surface area (Å²) in [5, 5.41) is 2.45. The molecule has 0 bridgehead atoms. The minimum absolute atomic E-state index is 0.650. The molecule has 0 aliphatic carbocycles. The Labute approximate surface area is 318 Å². The second kappa shape index (κ2) is 13.8. The standard InChI is InChI=1S/C49H32N6/c1-3-14-33(15-4-1)37-29-45(41-22-11-12-27-50-41)52-46(30-37)42-26-25-36(32-51-42)44-31-43(53-49(54-44)34-16-5-2-6-17-34)35-18-13-19-38(28-35)55-47-23-9-7-20-39(47)40-21-8-10-24-48(40)55/h1-32H. The summed E-state index contributed by atoms with van der Waals surface area (Å²) in [6, 6.07) is 62.3. The maximum absolute atomic E-state index is 5.13. The Morgan fingerprint density at radius 3 is 1.58 bits per heavy atom. The fraction of sp³-hybridized carbons (Fsp3) is 0. The summed E-state index contributed by atoms with van der Waals surface area (Å²) in [5.74, 6) is 0.650. The van der Waals surface area contributed by atoms with Gasteiger partial charge in [-0.15, -0.1) is 0 Å². The Morgan fingerprint density at radius 2 is 0.927 bits per heavy atom. The monoisotopic (exact) mass is 704 g/mol. The van der Waals surface area contributed by atoms with Gasteiger partial charge in [-0.05, 0) is 77.9 Å². The van der Waals surface area contributed by atoms with Crippen LogP contribution in [0.25, 0.3) is 95.3 Å². The molecule has 6 nitrogen and oxygen atoms in total. The maximum atomic E-state index is 5.13. The van der Waals surface area contributed by atoms with Crippen molar-refractivity contribution < 1.29 is 0 Å². The second-order valence-corrected chi connectivity index (χ2v) is 13.4. The number of hydrogen-bond donors (Lipinski definition) is 0. The lowest BCUT2D eigenvalue weighted by atomic mass is 10.0. The van der Waals surface area contributed by atoms with Gasteiger partial charge in [-0.1, -0.05) is 115 Å². The average Bonchev–Trinajstić information content (AvgIpc) is 3.61. The van der Waals surface area contributed by atoms with E-state index in [0.29, 0.717) is 5.82 Å². The van der Waals surface area contributed by atoms with Crippen LogP contribution < -0.4 is 0 Å². The van der Waals surface area contributed by atoms with Gasteiger partial charge >= 0.3 is 0 Å². The van der Waals surface area contributed by atoms with Crippen LogP contribution in [0, 0.1) is 0 Å². The van der Waals surface area contributed by atoms with E-state index in [1.54, 1.807) is 6.20 Å². The summed E-state index contributed by atoms with van der Waals surface area (Å²) >= 11 is 0. The largest absolute Gasteiger partial charge is 0.309 e. The molecule has 0 fully saturated rings. The van der Waals surface area contributed by atoms with Gasteiger partial charge in [-0.3, -0.25) is 9.97 Å². The Kier molecular flexibility index (Phi) is 8.04. The summed E-state index contributed by atoms with van der Waals surface area (Å²) in [4.78, 5) is 24.8. The Balaban J connectivity index is 1.07. The number of para-hydroxylation sites is 2. The first-order valence-electron chi connectivity index (χ1n) is 18.2. The molecule has 0 unspecified atom stereocenters. The zero-order valence-corrected chi connectivity index (χ0v) is 29.7. The van der Waals surface area contributed by atoms with Crippen molar-refractivity contribution in [2.24, 2.45) is 0 Å². The first-order valence-corrected chi connectivity index (χ1v) is 18.2. The lowest BCUT2D eigenvalue weighted by Crippen LogP contribution is -1.98. The van der Waals surface area contributed by atoms with Crippen LogP contribution in [0.4, 0.5) is 0 Å². The van der Waals surface area contributed by atoms with E-state index in [0.717, 1.165) is 78.7 Å². The van der Waals surface area contributed by atoms with Crippen LogP contribution in [0.3, 0.4) is 0 Å². The highest BCUT2D eigenvalue weighted by atomic mass is 15.0. The molecule has 10 aromatic rings. The molecule has 10 rings (SSSR count). The van der Waals surface area contributed by atoms with E-state index >= 15 is 0 Å². The van der Waals surface area contributed by atoms with Crippen molar-refractivity contribution in [1.82, 2.24) is 29.5 Å². The van der Waals surface area contributed by atoms with Crippen molar-refractivity contribution in [2.75, 3.05) is 0 Å². The van der Waals surface area contributed by atoms with Gasteiger partial charge < -0.3 is 4.57 Å². The first kappa shape index (κ1) is 32.1. The predicted molar refractivity (Wildman–Crippen MR) is 222 cm³/mol. The van der Waals surface area contributed by atoms with Crippen LogP contribution in [0.5, 0.6) is 0 Å². The minimum Gasteiger partial charge on any atom is -0.309 e. The molecule has 0 spiro atoms. The van der Waals surface area contributed by atoms with Crippen LogP contribution in [-0.2, 0) is 0 Å². The zero-order valence-electron chi connectivity index (χ0n) is 29.7. The minimum atomic E-state index is 0.650. The van der Waals surface area contributed by atoms with Gasteiger partial charge in [0.25, 0.3) is 0 Å². The molecule has 5 heterocycles. The summed E-state index contributed by atoms with van der Waals surface area (Å²) in [7, 11) is 0. The molecule has 5 aromatic heterocycles. The summed E-state index contributed by atoms with van der Waals surface area (Å²) in [5.41, 5.74) is 13.1. The SMILES string of the molecule is c1ccc(-c2cc(-c3ccccn3)nc(-c3ccc(-c4cc(-c5cccc(-n6c7ccccc7c7ccccc76)c5)nc(-c5ccccc5)n4)cn3)c2)cc1. The van der Waals surface area contributed by atoms with E-state index in [1.807, 2.05) is 79.0 Å². The number of nitrogens with zero attached hydrogens (tertiary/aromatic N) is 6. The molecule has 0 radical (unpaired) electrons. The molecule has 258 valence electrons. The van der Waals surface area contributed by atoms with Crippen molar-refractivity contribution in [3.63, 3.8) is 0 Å².